The lowest BCUT2D eigenvalue weighted by molar-refractivity contribution is -0.385. The van der Waals surface area contributed by atoms with Crippen molar-refractivity contribution in [3.8, 4) is 11.4 Å². The van der Waals surface area contributed by atoms with Crippen molar-refractivity contribution in [1.29, 1.82) is 0 Å². The van der Waals surface area contributed by atoms with Crippen molar-refractivity contribution in [2.75, 3.05) is 6.54 Å². The van der Waals surface area contributed by atoms with Gasteiger partial charge in [-0.3, -0.25) is 24.3 Å². The van der Waals surface area contributed by atoms with Gasteiger partial charge in [0.2, 0.25) is 0 Å². The van der Waals surface area contributed by atoms with E-state index < -0.39 is 16.5 Å². The highest BCUT2D eigenvalue weighted by molar-refractivity contribution is 6.03. The number of benzene rings is 1. The molecule has 0 unspecified atom stereocenters. The van der Waals surface area contributed by atoms with Gasteiger partial charge in [0.25, 0.3) is 11.2 Å². The molecule has 0 amide bonds. The van der Waals surface area contributed by atoms with E-state index in [-0.39, 0.29) is 42.1 Å². The van der Waals surface area contributed by atoms with Crippen molar-refractivity contribution in [2.45, 2.75) is 40.3 Å². The molecule has 0 atom stereocenters. The zero-order valence-electron chi connectivity index (χ0n) is 18.5. The summed E-state index contributed by atoms with van der Waals surface area (Å²) in [5.41, 5.74) is 5.02. The topological polar surface area (TPSA) is 129 Å². The SMILES string of the molecule is CC.CCN/N=C/c1c2c(nc3ccccc13)-c1c([N+](=O)[O-])c3c(c(=O)n1C2)COC(=O)C3. The van der Waals surface area contributed by atoms with Crippen molar-refractivity contribution in [2.24, 2.45) is 5.10 Å². The molecule has 2 aliphatic heterocycles. The minimum Gasteiger partial charge on any atom is -0.460 e. The maximum atomic E-state index is 13.2. The maximum absolute atomic E-state index is 13.2. The van der Waals surface area contributed by atoms with E-state index in [1.54, 1.807) is 6.21 Å². The molecule has 3 aromatic rings. The van der Waals surface area contributed by atoms with Crippen LogP contribution in [-0.4, -0.2) is 33.2 Å². The molecule has 1 aromatic carbocycles. The summed E-state index contributed by atoms with van der Waals surface area (Å²) in [6.45, 7) is 6.40. The van der Waals surface area contributed by atoms with Gasteiger partial charge in [0.1, 0.15) is 18.0 Å². The first-order valence-corrected chi connectivity index (χ1v) is 10.8. The number of carbonyl (C=O) groups is 1. The summed E-state index contributed by atoms with van der Waals surface area (Å²) >= 11 is 0. The van der Waals surface area contributed by atoms with Crippen LogP contribution in [0.2, 0.25) is 0 Å². The minimum absolute atomic E-state index is 0.114. The summed E-state index contributed by atoms with van der Waals surface area (Å²) in [6.07, 6.45) is 1.34. The van der Waals surface area contributed by atoms with Gasteiger partial charge < -0.3 is 10.2 Å². The number of esters is 1. The van der Waals surface area contributed by atoms with Gasteiger partial charge in [-0.2, -0.15) is 5.10 Å². The molecule has 0 saturated heterocycles. The van der Waals surface area contributed by atoms with Crippen LogP contribution < -0.4 is 11.0 Å². The van der Waals surface area contributed by atoms with Crippen LogP contribution in [0.1, 0.15) is 43.0 Å². The fraction of sp³-hybridized carbons (Fsp3) is 0.304. The first-order chi connectivity index (χ1) is 16.0. The second-order valence-corrected chi connectivity index (χ2v) is 7.28. The van der Waals surface area contributed by atoms with Gasteiger partial charge in [-0.05, 0) is 13.0 Å². The number of nitrogens with zero attached hydrogens (tertiary/aromatic N) is 4. The molecule has 0 bridgehead atoms. The predicted molar refractivity (Wildman–Crippen MR) is 123 cm³/mol. The van der Waals surface area contributed by atoms with Crippen LogP contribution in [0, 0.1) is 10.1 Å². The lowest BCUT2D eigenvalue weighted by Gasteiger charge is -2.17. The number of para-hydroxylation sites is 1. The molecule has 0 fully saturated rings. The highest BCUT2D eigenvalue weighted by atomic mass is 16.6. The fourth-order valence-electron chi connectivity index (χ4n) is 4.22. The molecule has 170 valence electrons. The van der Waals surface area contributed by atoms with E-state index in [1.807, 2.05) is 45.0 Å². The molecule has 0 spiro atoms. The number of carbonyl (C=O) groups excluding carboxylic acids is 1. The van der Waals surface area contributed by atoms with E-state index in [4.69, 9.17) is 4.74 Å². The molecule has 4 heterocycles. The van der Waals surface area contributed by atoms with Gasteiger partial charge in [0.15, 0.2) is 0 Å². The zero-order valence-corrected chi connectivity index (χ0v) is 18.5. The van der Waals surface area contributed by atoms with E-state index in [2.05, 4.69) is 15.5 Å². The van der Waals surface area contributed by atoms with Crippen molar-refractivity contribution >= 4 is 28.8 Å². The standard InChI is InChI=1S/C21H17N5O5.C2H6/c1-2-22-23-8-13-11-5-3-4-6-16(11)24-18-14(13)9-25-20(18)19(26(29)30)12-7-17(27)31-10-15(12)21(25)28;1-2/h3-6,8,22H,2,7,9-10H2,1H3;1-2H3/b23-8+;. The van der Waals surface area contributed by atoms with Gasteiger partial charge in [-0.15, -0.1) is 0 Å². The second kappa shape index (κ2) is 8.81. The molecule has 2 aliphatic rings. The fourth-order valence-corrected chi connectivity index (χ4v) is 4.22. The highest BCUT2D eigenvalue weighted by Gasteiger charge is 2.39. The molecule has 5 rings (SSSR count). The predicted octanol–water partition coefficient (Wildman–Crippen LogP) is 2.90. The maximum Gasteiger partial charge on any atom is 0.310 e. The third kappa shape index (κ3) is 3.53. The quantitative estimate of drug-likeness (QED) is 0.219. The Bertz CT molecular complexity index is 1380. The molecule has 0 saturated carbocycles. The molecule has 0 radical (unpaired) electrons. The Kier molecular flexibility index (Phi) is 5.91. The molecule has 1 N–H and O–H groups in total. The monoisotopic (exact) mass is 449 g/mol. The molecule has 0 aliphatic carbocycles. The third-order valence-corrected chi connectivity index (χ3v) is 5.55. The number of cyclic esters (lactones) is 1. The number of nitrogens with one attached hydrogen (secondary N) is 1. The Morgan fingerprint density at radius 3 is 2.73 bits per heavy atom. The Balaban J connectivity index is 0.00000126. The van der Waals surface area contributed by atoms with Crippen LogP contribution in [0.4, 0.5) is 5.69 Å². The lowest BCUT2D eigenvalue weighted by atomic mass is 9.98. The number of aromatic nitrogens is 2. The van der Waals surface area contributed by atoms with E-state index in [1.165, 1.54) is 4.57 Å². The number of hydrazone groups is 1. The Morgan fingerprint density at radius 1 is 1.24 bits per heavy atom. The van der Waals surface area contributed by atoms with Crippen molar-refractivity contribution in [1.82, 2.24) is 15.0 Å². The Morgan fingerprint density at radius 2 is 2.00 bits per heavy atom. The first kappa shape index (κ1) is 22.1. The smallest absolute Gasteiger partial charge is 0.310 e. The number of nitro groups is 1. The largest absolute Gasteiger partial charge is 0.460 e. The molecule has 33 heavy (non-hydrogen) atoms. The highest BCUT2D eigenvalue weighted by Crippen LogP contribution is 2.42. The molecule has 2 aromatic heterocycles. The van der Waals surface area contributed by atoms with Crippen molar-refractivity contribution < 1.29 is 14.5 Å². The third-order valence-electron chi connectivity index (χ3n) is 5.55. The van der Waals surface area contributed by atoms with Gasteiger partial charge in [0.05, 0.1) is 40.7 Å². The van der Waals surface area contributed by atoms with Crippen molar-refractivity contribution in [3.63, 3.8) is 0 Å². The summed E-state index contributed by atoms with van der Waals surface area (Å²) < 4.78 is 6.35. The Labute approximate surface area is 189 Å². The number of fused-ring (bicyclic) bond motifs is 5. The van der Waals surface area contributed by atoms with Gasteiger partial charge in [-0.25, -0.2) is 4.98 Å². The van der Waals surface area contributed by atoms with Crippen LogP contribution >= 0.6 is 0 Å². The summed E-state index contributed by atoms with van der Waals surface area (Å²) in [5.74, 6) is -0.594. The lowest BCUT2D eigenvalue weighted by Crippen LogP contribution is -2.31. The van der Waals surface area contributed by atoms with Crippen LogP contribution in [0.25, 0.3) is 22.3 Å². The van der Waals surface area contributed by atoms with Gasteiger partial charge in [-0.1, -0.05) is 32.0 Å². The molecular weight excluding hydrogens is 426 g/mol. The number of hydrogen-bond donors (Lipinski definition) is 1. The number of hydrogen-bond acceptors (Lipinski definition) is 8. The number of ether oxygens (including phenoxy) is 1. The van der Waals surface area contributed by atoms with Crippen LogP contribution in [0.15, 0.2) is 34.2 Å². The molecule has 10 heteroatoms. The van der Waals surface area contributed by atoms with E-state index in [0.717, 1.165) is 10.9 Å². The van der Waals surface area contributed by atoms with Gasteiger partial charge in [0, 0.05) is 23.1 Å². The second-order valence-electron chi connectivity index (χ2n) is 7.28. The summed E-state index contributed by atoms with van der Waals surface area (Å²) in [5, 5.41) is 17.2. The van der Waals surface area contributed by atoms with E-state index in [0.29, 0.717) is 23.3 Å². The van der Waals surface area contributed by atoms with Crippen LogP contribution in [-0.2, 0) is 29.1 Å². The van der Waals surface area contributed by atoms with E-state index >= 15 is 0 Å². The Hall–Kier alpha value is -4.08. The molecule has 10 nitrogen and oxygen atoms in total. The summed E-state index contributed by atoms with van der Waals surface area (Å²) in [6, 6.07) is 7.40. The average Bonchev–Trinajstić information content (AvgIpc) is 3.19. The van der Waals surface area contributed by atoms with E-state index in [9.17, 15) is 19.7 Å². The molecular formula is C23H23N5O5. The van der Waals surface area contributed by atoms with Crippen LogP contribution in [0.3, 0.4) is 0 Å². The minimum atomic E-state index is -0.594. The summed E-state index contributed by atoms with van der Waals surface area (Å²) in [7, 11) is 0. The average molecular weight is 449 g/mol. The van der Waals surface area contributed by atoms with Gasteiger partial charge >= 0.3 is 5.97 Å². The number of rotatable bonds is 4. The van der Waals surface area contributed by atoms with Crippen molar-refractivity contribution in [3.05, 3.63) is 67.0 Å². The van der Waals surface area contributed by atoms with Crippen LogP contribution in [0.5, 0.6) is 0 Å². The zero-order chi connectivity index (χ0) is 23.7. The first-order valence-electron chi connectivity index (χ1n) is 10.8. The summed E-state index contributed by atoms with van der Waals surface area (Å²) in [4.78, 5) is 41.3. The normalized spacial score (nSPS) is 13.6. The number of pyridine rings is 2.